The van der Waals surface area contributed by atoms with Crippen molar-refractivity contribution in [1.82, 2.24) is 4.90 Å². The van der Waals surface area contributed by atoms with Crippen molar-refractivity contribution in [3.05, 3.63) is 24.3 Å². The number of amides is 1. The number of nitrogens with zero attached hydrogens (tertiary/aromatic N) is 1. The fraction of sp³-hybridized carbons (Fsp3) is 0.462. The molecule has 18 heavy (non-hydrogen) atoms. The molecule has 1 aliphatic carbocycles. The summed E-state index contributed by atoms with van der Waals surface area (Å²) in [5.74, 6) is 0.158. The second-order valence-electron chi connectivity index (χ2n) is 4.30. The standard InChI is InChI=1S/C13H17NO4/c15-8-7-14(10-5-6-10)13(17)9-18-12-4-2-1-3-11(12)16/h1-4,10,15-16H,5-9H2. The molecule has 5 nitrogen and oxygen atoms in total. The van der Waals surface area contributed by atoms with Crippen molar-refractivity contribution < 1.29 is 19.7 Å². The van der Waals surface area contributed by atoms with E-state index in [0.29, 0.717) is 12.3 Å². The number of hydrogen-bond acceptors (Lipinski definition) is 4. The van der Waals surface area contributed by atoms with E-state index in [0.717, 1.165) is 12.8 Å². The monoisotopic (exact) mass is 251 g/mol. The van der Waals surface area contributed by atoms with Crippen molar-refractivity contribution in [2.75, 3.05) is 19.8 Å². The normalized spacial score (nSPS) is 14.3. The Morgan fingerprint density at radius 3 is 2.72 bits per heavy atom. The maximum Gasteiger partial charge on any atom is 0.260 e. The summed E-state index contributed by atoms with van der Waals surface area (Å²) in [6.45, 7) is 0.181. The van der Waals surface area contributed by atoms with Crippen LogP contribution in [-0.2, 0) is 4.79 Å². The van der Waals surface area contributed by atoms with Crippen LogP contribution in [0.1, 0.15) is 12.8 Å². The maximum absolute atomic E-state index is 11.9. The number of hydrogen-bond donors (Lipinski definition) is 2. The molecule has 0 aromatic heterocycles. The van der Waals surface area contributed by atoms with Crippen LogP contribution in [0.4, 0.5) is 0 Å². The molecule has 98 valence electrons. The van der Waals surface area contributed by atoms with Crippen molar-refractivity contribution in [3.63, 3.8) is 0 Å². The van der Waals surface area contributed by atoms with E-state index in [1.165, 1.54) is 6.07 Å². The summed E-state index contributed by atoms with van der Waals surface area (Å²) in [5.41, 5.74) is 0. The molecule has 1 aromatic carbocycles. The van der Waals surface area contributed by atoms with Crippen LogP contribution in [0.15, 0.2) is 24.3 Å². The third kappa shape index (κ3) is 3.13. The number of aliphatic hydroxyl groups is 1. The number of phenolic OH excluding ortho intramolecular Hbond substituents is 1. The quantitative estimate of drug-likeness (QED) is 0.783. The SMILES string of the molecule is O=C(COc1ccccc1O)N(CCO)C1CC1. The van der Waals surface area contributed by atoms with Gasteiger partial charge in [-0.1, -0.05) is 12.1 Å². The van der Waals surface area contributed by atoms with Gasteiger partial charge in [0.05, 0.1) is 6.61 Å². The van der Waals surface area contributed by atoms with Gasteiger partial charge in [-0.05, 0) is 25.0 Å². The number of phenols is 1. The van der Waals surface area contributed by atoms with Gasteiger partial charge in [-0.15, -0.1) is 0 Å². The molecule has 0 unspecified atom stereocenters. The van der Waals surface area contributed by atoms with E-state index in [-0.39, 0.29) is 30.9 Å². The molecule has 0 heterocycles. The summed E-state index contributed by atoms with van der Waals surface area (Å²) >= 11 is 0. The van der Waals surface area contributed by atoms with Gasteiger partial charge in [0, 0.05) is 12.6 Å². The molecule has 0 atom stereocenters. The molecule has 0 saturated heterocycles. The first-order chi connectivity index (χ1) is 8.72. The predicted molar refractivity (Wildman–Crippen MR) is 65.4 cm³/mol. The van der Waals surface area contributed by atoms with E-state index < -0.39 is 0 Å². The second-order valence-corrected chi connectivity index (χ2v) is 4.30. The zero-order chi connectivity index (χ0) is 13.0. The highest BCUT2D eigenvalue weighted by atomic mass is 16.5. The molecule has 1 amide bonds. The maximum atomic E-state index is 11.9. The zero-order valence-electron chi connectivity index (χ0n) is 10.1. The Morgan fingerprint density at radius 1 is 1.39 bits per heavy atom. The van der Waals surface area contributed by atoms with Crippen LogP contribution in [0, 0.1) is 0 Å². The smallest absolute Gasteiger partial charge is 0.260 e. The number of carbonyl (C=O) groups is 1. The van der Waals surface area contributed by atoms with Gasteiger partial charge in [-0.3, -0.25) is 4.79 Å². The molecular formula is C13H17NO4. The summed E-state index contributed by atoms with van der Waals surface area (Å²) in [4.78, 5) is 13.5. The number of para-hydroxylation sites is 2. The summed E-state index contributed by atoms with van der Waals surface area (Å²) in [6, 6.07) is 6.78. The Kier molecular flexibility index (Phi) is 4.04. The van der Waals surface area contributed by atoms with Gasteiger partial charge in [0.25, 0.3) is 5.91 Å². The second kappa shape index (κ2) is 5.73. The molecule has 0 aliphatic heterocycles. The molecule has 1 aromatic rings. The van der Waals surface area contributed by atoms with E-state index in [9.17, 15) is 9.90 Å². The van der Waals surface area contributed by atoms with E-state index in [2.05, 4.69) is 0 Å². The molecule has 5 heteroatoms. The molecule has 0 bridgehead atoms. The summed E-state index contributed by atoms with van der Waals surface area (Å²) in [7, 11) is 0. The van der Waals surface area contributed by atoms with Crippen molar-refractivity contribution in [2.45, 2.75) is 18.9 Å². The third-order valence-electron chi connectivity index (χ3n) is 2.87. The number of rotatable bonds is 6. The van der Waals surface area contributed by atoms with Crippen LogP contribution in [0.25, 0.3) is 0 Å². The van der Waals surface area contributed by atoms with Crippen LogP contribution in [0.5, 0.6) is 11.5 Å². The van der Waals surface area contributed by atoms with Gasteiger partial charge in [0.1, 0.15) is 0 Å². The van der Waals surface area contributed by atoms with E-state index in [1.807, 2.05) is 0 Å². The Balaban J connectivity index is 1.89. The fourth-order valence-corrected chi connectivity index (χ4v) is 1.81. The highest BCUT2D eigenvalue weighted by Gasteiger charge is 2.32. The topological polar surface area (TPSA) is 70.0 Å². The largest absolute Gasteiger partial charge is 0.504 e. The van der Waals surface area contributed by atoms with Gasteiger partial charge >= 0.3 is 0 Å². The lowest BCUT2D eigenvalue weighted by atomic mass is 10.3. The zero-order valence-corrected chi connectivity index (χ0v) is 10.1. The highest BCUT2D eigenvalue weighted by Crippen LogP contribution is 2.27. The molecule has 1 aliphatic rings. The van der Waals surface area contributed by atoms with Crippen molar-refractivity contribution in [3.8, 4) is 11.5 Å². The van der Waals surface area contributed by atoms with Gasteiger partial charge in [0.15, 0.2) is 18.1 Å². The average Bonchev–Trinajstić information content (AvgIpc) is 3.19. The predicted octanol–water partition coefficient (Wildman–Crippen LogP) is 0.754. The van der Waals surface area contributed by atoms with Gasteiger partial charge in [0.2, 0.25) is 0 Å². The number of aliphatic hydroxyl groups excluding tert-OH is 1. The minimum absolute atomic E-state index is 0.0189. The first kappa shape index (κ1) is 12.7. The van der Waals surface area contributed by atoms with Gasteiger partial charge in [-0.2, -0.15) is 0 Å². The highest BCUT2D eigenvalue weighted by molar-refractivity contribution is 5.78. The first-order valence-electron chi connectivity index (χ1n) is 6.03. The summed E-state index contributed by atoms with van der Waals surface area (Å²) in [5, 5.41) is 18.4. The number of aromatic hydroxyl groups is 1. The van der Waals surface area contributed by atoms with Crippen LogP contribution in [0.3, 0.4) is 0 Å². The summed E-state index contributed by atoms with van der Waals surface area (Å²) in [6.07, 6.45) is 1.98. The molecule has 0 radical (unpaired) electrons. The Hall–Kier alpha value is -1.75. The minimum Gasteiger partial charge on any atom is -0.504 e. The van der Waals surface area contributed by atoms with Crippen molar-refractivity contribution >= 4 is 5.91 Å². The Labute approximate surface area is 106 Å². The van der Waals surface area contributed by atoms with Crippen molar-refractivity contribution in [1.29, 1.82) is 0 Å². The van der Waals surface area contributed by atoms with E-state index in [4.69, 9.17) is 9.84 Å². The molecule has 2 rings (SSSR count). The first-order valence-corrected chi connectivity index (χ1v) is 6.03. The molecule has 1 fully saturated rings. The average molecular weight is 251 g/mol. The lowest BCUT2D eigenvalue weighted by molar-refractivity contribution is -0.134. The molecule has 1 saturated carbocycles. The Morgan fingerprint density at radius 2 is 2.11 bits per heavy atom. The van der Waals surface area contributed by atoms with Crippen LogP contribution < -0.4 is 4.74 Å². The molecular weight excluding hydrogens is 234 g/mol. The van der Waals surface area contributed by atoms with E-state index in [1.54, 1.807) is 23.1 Å². The fourth-order valence-electron chi connectivity index (χ4n) is 1.81. The van der Waals surface area contributed by atoms with Gasteiger partial charge in [-0.25, -0.2) is 0 Å². The van der Waals surface area contributed by atoms with E-state index >= 15 is 0 Å². The number of benzene rings is 1. The van der Waals surface area contributed by atoms with Crippen LogP contribution in [-0.4, -0.2) is 46.8 Å². The lowest BCUT2D eigenvalue weighted by Gasteiger charge is -2.21. The van der Waals surface area contributed by atoms with Gasteiger partial charge < -0.3 is 19.8 Å². The molecule has 2 N–H and O–H groups in total. The van der Waals surface area contributed by atoms with Crippen molar-refractivity contribution in [2.24, 2.45) is 0 Å². The summed E-state index contributed by atoms with van der Waals surface area (Å²) < 4.78 is 5.28. The number of carbonyl (C=O) groups excluding carboxylic acids is 1. The minimum atomic E-state index is -0.158. The Bertz CT molecular complexity index is 417. The lowest BCUT2D eigenvalue weighted by Crippen LogP contribution is -2.38. The van der Waals surface area contributed by atoms with Crippen LogP contribution >= 0.6 is 0 Å². The third-order valence-corrected chi connectivity index (χ3v) is 2.87. The number of ether oxygens (including phenoxy) is 1. The van der Waals surface area contributed by atoms with Crippen LogP contribution in [0.2, 0.25) is 0 Å². The molecule has 0 spiro atoms.